The number of aliphatic hydroxyl groups is 1. The number of aliphatic hydroxyl groups excluding tert-OH is 1. The standard InChI is InChI=1S/C32H50O5/c1-20(34)37-25-11-12-29(6)23(28(25,4)5)10-13-30(7)24(29)9-8-21-22-18-27(2,3)14-15-31(22,26(35)36)16-17-32(21,30)19-33/h8,22-25,33H,9-19H2,1-7H3,(H,35,36)/t22?,23?,24-,25+,29+,30-,31+,32+/m1/s1. The van der Waals surface area contributed by atoms with Crippen molar-refractivity contribution in [3.63, 3.8) is 0 Å². The first-order chi connectivity index (χ1) is 17.1. The molecule has 0 aromatic heterocycles. The van der Waals surface area contributed by atoms with Gasteiger partial charge in [0.15, 0.2) is 0 Å². The van der Waals surface area contributed by atoms with Crippen molar-refractivity contribution in [3.8, 4) is 0 Å². The zero-order valence-electron chi connectivity index (χ0n) is 24.3. The largest absolute Gasteiger partial charge is 0.481 e. The number of carboxylic acid groups (broad SMARTS) is 1. The number of hydrogen-bond donors (Lipinski definition) is 2. The lowest BCUT2D eigenvalue weighted by atomic mass is 9.33. The van der Waals surface area contributed by atoms with E-state index in [-0.39, 0.29) is 51.7 Å². The molecule has 5 nitrogen and oxygen atoms in total. The summed E-state index contributed by atoms with van der Waals surface area (Å²) in [7, 11) is 0. The van der Waals surface area contributed by atoms with Crippen molar-refractivity contribution in [2.75, 3.05) is 6.61 Å². The lowest BCUT2D eigenvalue weighted by molar-refractivity contribution is -0.220. The van der Waals surface area contributed by atoms with Gasteiger partial charge in [-0.1, -0.05) is 53.2 Å². The average Bonchev–Trinajstić information content (AvgIpc) is 2.79. The molecule has 37 heavy (non-hydrogen) atoms. The van der Waals surface area contributed by atoms with E-state index >= 15 is 0 Å². The van der Waals surface area contributed by atoms with Gasteiger partial charge in [0.2, 0.25) is 0 Å². The van der Waals surface area contributed by atoms with Crippen LogP contribution in [0.3, 0.4) is 0 Å². The number of aliphatic carboxylic acids is 1. The molecule has 0 aliphatic heterocycles. The molecule has 5 rings (SSSR count). The topological polar surface area (TPSA) is 83.8 Å². The molecular weight excluding hydrogens is 464 g/mol. The molecule has 8 atom stereocenters. The van der Waals surface area contributed by atoms with Gasteiger partial charge in [-0.25, -0.2) is 0 Å². The lowest BCUT2D eigenvalue weighted by Gasteiger charge is -2.71. The fourth-order valence-electron chi connectivity index (χ4n) is 11.2. The first kappa shape index (κ1) is 27.2. The summed E-state index contributed by atoms with van der Waals surface area (Å²) in [5, 5.41) is 21.9. The number of fused-ring (bicyclic) bond motifs is 7. The Hall–Kier alpha value is -1.36. The predicted octanol–water partition coefficient (Wildman–Crippen LogP) is 6.78. The zero-order chi connectivity index (χ0) is 27.2. The summed E-state index contributed by atoms with van der Waals surface area (Å²) in [6, 6.07) is 0. The van der Waals surface area contributed by atoms with Gasteiger partial charge in [-0.2, -0.15) is 0 Å². The van der Waals surface area contributed by atoms with Gasteiger partial charge in [0.1, 0.15) is 6.10 Å². The third-order valence-corrected chi connectivity index (χ3v) is 13.3. The Morgan fingerprint density at radius 1 is 0.946 bits per heavy atom. The zero-order valence-corrected chi connectivity index (χ0v) is 24.3. The molecule has 2 N–H and O–H groups in total. The Balaban J connectivity index is 1.58. The maximum atomic E-state index is 12.8. The van der Waals surface area contributed by atoms with Crippen LogP contribution in [0.15, 0.2) is 11.6 Å². The van der Waals surface area contributed by atoms with Gasteiger partial charge in [0, 0.05) is 17.8 Å². The van der Waals surface area contributed by atoms with Gasteiger partial charge in [-0.15, -0.1) is 0 Å². The summed E-state index contributed by atoms with van der Waals surface area (Å²) in [6.07, 6.45) is 11.4. The smallest absolute Gasteiger partial charge is 0.310 e. The second-order valence-electron chi connectivity index (χ2n) is 15.5. The van der Waals surface area contributed by atoms with Crippen LogP contribution in [0.5, 0.6) is 0 Å². The molecule has 0 spiro atoms. The Bertz CT molecular complexity index is 1010. The van der Waals surface area contributed by atoms with Gasteiger partial charge in [0.05, 0.1) is 12.0 Å². The fourth-order valence-corrected chi connectivity index (χ4v) is 11.2. The van der Waals surface area contributed by atoms with E-state index in [0.717, 1.165) is 57.8 Å². The van der Waals surface area contributed by atoms with Crippen molar-refractivity contribution in [2.45, 2.75) is 119 Å². The van der Waals surface area contributed by atoms with E-state index < -0.39 is 11.4 Å². The molecule has 0 saturated heterocycles. The van der Waals surface area contributed by atoms with E-state index in [1.165, 1.54) is 12.5 Å². The van der Waals surface area contributed by atoms with Crippen molar-refractivity contribution >= 4 is 11.9 Å². The van der Waals surface area contributed by atoms with Gasteiger partial charge in [-0.05, 0) is 98.2 Å². The average molecular weight is 515 g/mol. The molecule has 0 bridgehead atoms. The van der Waals surface area contributed by atoms with Gasteiger partial charge in [0.25, 0.3) is 0 Å². The number of carbonyl (C=O) groups is 2. The van der Waals surface area contributed by atoms with E-state index in [1.54, 1.807) is 0 Å². The Morgan fingerprint density at radius 3 is 2.24 bits per heavy atom. The minimum absolute atomic E-state index is 0.00842. The van der Waals surface area contributed by atoms with E-state index in [2.05, 4.69) is 47.6 Å². The normalized spacial score (nSPS) is 47.8. The molecule has 0 aromatic carbocycles. The highest BCUT2D eigenvalue weighted by Crippen LogP contribution is 2.75. The molecule has 5 aliphatic rings. The molecule has 0 heterocycles. The second kappa shape index (κ2) is 8.32. The van der Waals surface area contributed by atoms with Gasteiger partial charge in [-0.3, -0.25) is 9.59 Å². The monoisotopic (exact) mass is 514 g/mol. The molecule has 2 unspecified atom stereocenters. The maximum absolute atomic E-state index is 12.8. The van der Waals surface area contributed by atoms with Crippen molar-refractivity contribution in [1.82, 2.24) is 0 Å². The van der Waals surface area contributed by atoms with Crippen LogP contribution in [0.25, 0.3) is 0 Å². The first-order valence-electron chi connectivity index (χ1n) is 14.8. The SMILES string of the molecule is CC(=O)O[C@H]1CC[C@@]2(C)C(CC[C@]3(C)[C@@H]2CC=C2C4CC(C)(C)CC[C@]4(C(=O)O)CC[C@]23CO)C1(C)C. The Morgan fingerprint density at radius 2 is 1.62 bits per heavy atom. The highest BCUT2D eigenvalue weighted by molar-refractivity contribution is 5.76. The van der Waals surface area contributed by atoms with Crippen LogP contribution in [0.2, 0.25) is 0 Å². The Kier molecular flexibility index (Phi) is 6.12. The third-order valence-electron chi connectivity index (χ3n) is 13.3. The minimum atomic E-state index is -0.686. The molecule has 5 heteroatoms. The van der Waals surface area contributed by atoms with E-state index in [0.29, 0.717) is 18.3 Å². The molecular formula is C32H50O5. The summed E-state index contributed by atoms with van der Waals surface area (Å²) in [5.74, 6) is 0.0488. The van der Waals surface area contributed by atoms with Crippen LogP contribution >= 0.6 is 0 Å². The quantitative estimate of drug-likeness (QED) is 0.320. The molecule has 0 aromatic rings. The summed E-state index contributed by atoms with van der Waals surface area (Å²) in [4.78, 5) is 24.7. The molecule has 4 saturated carbocycles. The van der Waals surface area contributed by atoms with Crippen molar-refractivity contribution in [3.05, 3.63) is 11.6 Å². The molecule has 5 aliphatic carbocycles. The van der Waals surface area contributed by atoms with E-state index in [4.69, 9.17) is 4.74 Å². The number of rotatable bonds is 3. The van der Waals surface area contributed by atoms with Crippen LogP contribution in [0, 0.1) is 50.2 Å². The molecule has 0 amide bonds. The van der Waals surface area contributed by atoms with Crippen molar-refractivity contribution in [2.24, 2.45) is 50.2 Å². The van der Waals surface area contributed by atoms with E-state index in [9.17, 15) is 19.8 Å². The Labute approximate surface area is 223 Å². The number of hydrogen-bond acceptors (Lipinski definition) is 4. The van der Waals surface area contributed by atoms with Crippen LogP contribution in [0.1, 0.15) is 113 Å². The van der Waals surface area contributed by atoms with Crippen LogP contribution in [-0.2, 0) is 14.3 Å². The van der Waals surface area contributed by atoms with Crippen LogP contribution < -0.4 is 0 Å². The number of ether oxygens (including phenoxy) is 1. The lowest BCUT2D eigenvalue weighted by Crippen LogP contribution is -2.66. The number of allylic oxidation sites excluding steroid dienone is 1. The maximum Gasteiger partial charge on any atom is 0.310 e. The summed E-state index contributed by atoms with van der Waals surface area (Å²) >= 11 is 0. The second-order valence-corrected chi connectivity index (χ2v) is 15.5. The predicted molar refractivity (Wildman–Crippen MR) is 144 cm³/mol. The summed E-state index contributed by atoms with van der Waals surface area (Å²) in [6.45, 7) is 15.7. The summed E-state index contributed by atoms with van der Waals surface area (Å²) in [5.41, 5.74) is 0.271. The highest BCUT2D eigenvalue weighted by Gasteiger charge is 2.70. The third kappa shape index (κ3) is 3.50. The number of carboxylic acids is 1. The summed E-state index contributed by atoms with van der Waals surface area (Å²) < 4.78 is 5.85. The molecule has 4 fully saturated rings. The van der Waals surface area contributed by atoms with Gasteiger partial charge < -0.3 is 14.9 Å². The highest BCUT2D eigenvalue weighted by atomic mass is 16.5. The van der Waals surface area contributed by atoms with Gasteiger partial charge >= 0.3 is 11.9 Å². The fraction of sp³-hybridized carbons (Fsp3) is 0.875. The van der Waals surface area contributed by atoms with Crippen molar-refractivity contribution in [1.29, 1.82) is 0 Å². The van der Waals surface area contributed by atoms with Crippen LogP contribution in [-0.4, -0.2) is 34.9 Å². The first-order valence-corrected chi connectivity index (χ1v) is 14.8. The van der Waals surface area contributed by atoms with Crippen molar-refractivity contribution < 1.29 is 24.5 Å². The number of esters is 1. The molecule has 0 radical (unpaired) electrons. The number of carbonyl (C=O) groups excluding carboxylic acids is 1. The molecule has 208 valence electrons. The van der Waals surface area contributed by atoms with Crippen LogP contribution in [0.4, 0.5) is 0 Å². The minimum Gasteiger partial charge on any atom is -0.481 e. The van der Waals surface area contributed by atoms with E-state index in [1.807, 2.05) is 0 Å².